The number of hydrogen-bond donors (Lipinski definition) is 1. The highest BCUT2D eigenvalue weighted by molar-refractivity contribution is 14.0. The lowest BCUT2D eigenvalue weighted by molar-refractivity contribution is 0.474. The summed E-state index contributed by atoms with van der Waals surface area (Å²) in [6, 6.07) is 17.5. The first-order valence-corrected chi connectivity index (χ1v) is 12.5. The molecule has 0 amide bonds. The van der Waals surface area contributed by atoms with E-state index in [1.54, 1.807) is 19.2 Å². The Hall–Kier alpha value is -1.30. The highest BCUT2D eigenvalue weighted by atomic mass is 127. The molecule has 31 heavy (non-hydrogen) atoms. The van der Waals surface area contributed by atoms with E-state index in [0.29, 0.717) is 17.4 Å². The molecule has 0 aromatic heterocycles. The van der Waals surface area contributed by atoms with Crippen LogP contribution in [0.15, 0.2) is 69.4 Å². The van der Waals surface area contributed by atoms with Crippen LogP contribution in [0.1, 0.15) is 12.0 Å². The summed E-state index contributed by atoms with van der Waals surface area (Å²) in [4.78, 5) is 8.37. The minimum Gasteiger partial charge on any atom is -0.352 e. The van der Waals surface area contributed by atoms with E-state index < -0.39 is 10.0 Å². The Morgan fingerprint density at radius 1 is 1.16 bits per heavy atom. The normalized spacial score (nSPS) is 17.0. The van der Waals surface area contributed by atoms with E-state index in [1.807, 2.05) is 30.0 Å². The fourth-order valence-corrected chi connectivity index (χ4v) is 5.35. The number of benzene rings is 2. The highest BCUT2D eigenvalue weighted by Crippen LogP contribution is 2.26. The maximum Gasteiger partial charge on any atom is 0.242 e. The SMILES string of the molecule is CN=C(NCc1ccc(S(=O)(=O)N(C)C)cc1)N1CCC(CSc2ccccc2)C1.I. The van der Waals surface area contributed by atoms with Gasteiger partial charge in [-0.2, -0.15) is 0 Å². The summed E-state index contributed by atoms with van der Waals surface area (Å²) in [5, 5.41) is 3.41. The molecule has 0 radical (unpaired) electrons. The number of thioether (sulfide) groups is 1. The molecule has 170 valence electrons. The number of guanidine groups is 1. The number of sulfonamides is 1. The first-order chi connectivity index (χ1) is 14.4. The molecular weight excluding hydrogens is 543 g/mol. The van der Waals surface area contributed by atoms with Gasteiger partial charge in [0.1, 0.15) is 0 Å². The number of likely N-dealkylation sites (tertiary alicyclic amines) is 1. The van der Waals surface area contributed by atoms with Crippen LogP contribution < -0.4 is 5.32 Å². The lowest BCUT2D eigenvalue weighted by Crippen LogP contribution is -2.39. The van der Waals surface area contributed by atoms with Gasteiger partial charge in [0, 0.05) is 51.4 Å². The van der Waals surface area contributed by atoms with Crippen molar-refractivity contribution in [1.29, 1.82) is 0 Å². The molecule has 9 heteroatoms. The van der Waals surface area contributed by atoms with E-state index in [-0.39, 0.29) is 24.0 Å². The topological polar surface area (TPSA) is 65.0 Å². The maximum atomic E-state index is 12.2. The van der Waals surface area contributed by atoms with E-state index in [4.69, 9.17) is 0 Å². The maximum absolute atomic E-state index is 12.2. The van der Waals surface area contributed by atoms with Crippen LogP contribution in [0.2, 0.25) is 0 Å². The van der Waals surface area contributed by atoms with E-state index in [9.17, 15) is 8.42 Å². The van der Waals surface area contributed by atoms with E-state index in [2.05, 4.69) is 39.5 Å². The fourth-order valence-electron chi connectivity index (χ4n) is 3.40. The van der Waals surface area contributed by atoms with Gasteiger partial charge in [-0.25, -0.2) is 12.7 Å². The van der Waals surface area contributed by atoms with Crippen LogP contribution in [-0.4, -0.2) is 63.6 Å². The first-order valence-electron chi connectivity index (χ1n) is 10.0. The van der Waals surface area contributed by atoms with Crippen molar-refractivity contribution in [2.24, 2.45) is 10.9 Å². The number of nitrogens with zero attached hydrogens (tertiary/aromatic N) is 3. The standard InChI is InChI=1S/C22H30N4O2S2.HI/c1-23-22(24-15-18-9-11-21(12-10-18)30(27,28)25(2)3)26-14-13-19(16-26)17-29-20-7-5-4-6-8-20;/h4-12,19H,13-17H2,1-3H3,(H,23,24);1H. The van der Waals surface area contributed by atoms with Gasteiger partial charge in [0.05, 0.1) is 4.90 Å². The quantitative estimate of drug-likeness (QED) is 0.236. The molecule has 1 N–H and O–H groups in total. The van der Waals surface area contributed by atoms with Crippen molar-refractivity contribution < 1.29 is 8.42 Å². The van der Waals surface area contributed by atoms with Gasteiger partial charge in [-0.15, -0.1) is 35.7 Å². The van der Waals surface area contributed by atoms with Crippen LogP contribution in [0, 0.1) is 5.92 Å². The summed E-state index contributed by atoms with van der Waals surface area (Å²) in [7, 11) is 1.49. The summed E-state index contributed by atoms with van der Waals surface area (Å²) in [5.41, 5.74) is 1.02. The summed E-state index contributed by atoms with van der Waals surface area (Å²) >= 11 is 1.92. The minimum absolute atomic E-state index is 0. The van der Waals surface area contributed by atoms with E-state index >= 15 is 0 Å². The lowest BCUT2D eigenvalue weighted by Gasteiger charge is -2.22. The molecule has 2 aromatic rings. The van der Waals surface area contributed by atoms with Crippen molar-refractivity contribution in [2.75, 3.05) is 40.0 Å². The van der Waals surface area contributed by atoms with Crippen molar-refractivity contribution in [3.05, 3.63) is 60.2 Å². The van der Waals surface area contributed by atoms with Gasteiger partial charge in [-0.1, -0.05) is 30.3 Å². The molecule has 0 aliphatic carbocycles. The number of halogens is 1. The molecule has 6 nitrogen and oxygen atoms in total. The Labute approximate surface area is 207 Å². The Kier molecular flexibility index (Phi) is 10.1. The third kappa shape index (κ3) is 7.10. The first kappa shape index (κ1) is 26.0. The van der Waals surface area contributed by atoms with Crippen LogP contribution >= 0.6 is 35.7 Å². The zero-order chi connectivity index (χ0) is 21.6. The number of aliphatic imine (C=N–C) groups is 1. The Bertz CT molecular complexity index is 951. The van der Waals surface area contributed by atoms with Gasteiger partial charge in [0.15, 0.2) is 5.96 Å². The van der Waals surface area contributed by atoms with Crippen molar-refractivity contribution in [2.45, 2.75) is 22.8 Å². The van der Waals surface area contributed by atoms with Crippen molar-refractivity contribution in [1.82, 2.24) is 14.5 Å². The van der Waals surface area contributed by atoms with Gasteiger partial charge >= 0.3 is 0 Å². The fraction of sp³-hybridized carbons (Fsp3) is 0.409. The molecule has 0 saturated carbocycles. The molecule has 1 unspecified atom stereocenters. The van der Waals surface area contributed by atoms with Crippen molar-refractivity contribution >= 4 is 51.7 Å². The van der Waals surface area contributed by atoms with Gasteiger partial charge in [-0.05, 0) is 42.2 Å². The summed E-state index contributed by atoms with van der Waals surface area (Å²) in [6.07, 6.45) is 1.16. The molecule has 1 aliphatic heterocycles. The minimum atomic E-state index is -3.40. The summed E-state index contributed by atoms with van der Waals surface area (Å²) in [5.74, 6) is 2.65. The van der Waals surface area contributed by atoms with E-state index in [1.165, 1.54) is 23.3 Å². The van der Waals surface area contributed by atoms with Gasteiger partial charge in [0.25, 0.3) is 0 Å². The van der Waals surface area contributed by atoms with Crippen LogP contribution in [0.3, 0.4) is 0 Å². The average molecular weight is 575 g/mol. The second-order valence-corrected chi connectivity index (χ2v) is 10.8. The monoisotopic (exact) mass is 574 g/mol. The molecule has 1 saturated heterocycles. The lowest BCUT2D eigenvalue weighted by atomic mass is 10.2. The highest BCUT2D eigenvalue weighted by Gasteiger charge is 2.25. The molecule has 1 atom stereocenters. The summed E-state index contributed by atoms with van der Waals surface area (Å²) < 4.78 is 25.6. The zero-order valence-corrected chi connectivity index (χ0v) is 22.2. The van der Waals surface area contributed by atoms with E-state index in [0.717, 1.165) is 36.8 Å². The molecule has 0 bridgehead atoms. The van der Waals surface area contributed by atoms with Crippen LogP contribution in [0.25, 0.3) is 0 Å². The number of nitrogens with one attached hydrogen (secondary N) is 1. The third-order valence-electron chi connectivity index (χ3n) is 5.18. The predicted octanol–water partition coefficient (Wildman–Crippen LogP) is 3.74. The molecule has 1 fully saturated rings. The molecule has 0 spiro atoms. The van der Waals surface area contributed by atoms with Crippen molar-refractivity contribution in [3.8, 4) is 0 Å². The van der Waals surface area contributed by atoms with Crippen LogP contribution in [0.5, 0.6) is 0 Å². The molecule has 1 heterocycles. The Balaban J connectivity index is 0.00000341. The zero-order valence-electron chi connectivity index (χ0n) is 18.2. The molecule has 2 aromatic carbocycles. The second-order valence-electron chi connectivity index (χ2n) is 7.56. The Morgan fingerprint density at radius 2 is 1.84 bits per heavy atom. The average Bonchev–Trinajstić information content (AvgIpc) is 3.22. The molecule has 3 rings (SSSR count). The van der Waals surface area contributed by atoms with Crippen LogP contribution in [0.4, 0.5) is 0 Å². The van der Waals surface area contributed by atoms with Gasteiger partial charge in [-0.3, -0.25) is 4.99 Å². The number of rotatable bonds is 7. The molecule has 1 aliphatic rings. The largest absolute Gasteiger partial charge is 0.352 e. The van der Waals surface area contributed by atoms with Gasteiger partial charge < -0.3 is 10.2 Å². The van der Waals surface area contributed by atoms with Crippen LogP contribution in [-0.2, 0) is 16.6 Å². The number of hydrogen-bond acceptors (Lipinski definition) is 4. The Morgan fingerprint density at radius 3 is 2.45 bits per heavy atom. The second kappa shape index (κ2) is 12.1. The predicted molar refractivity (Wildman–Crippen MR) is 140 cm³/mol. The smallest absolute Gasteiger partial charge is 0.242 e. The van der Waals surface area contributed by atoms with Crippen molar-refractivity contribution in [3.63, 3.8) is 0 Å². The summed E-state index contributed by atoms with van der Waals surface area (Å²) in [6.45, 7) is 2.61. The molecular formula is C22H31IN4O2S2. The third-order valence-corrected chi connectivity index (χ3v) is 8.25. The van der Waals surface area contributed by atoms with Gasteiger partial charge in [0.2, 0.25) is 10.0 Å².